The number of amides is 2. The van der Waals surface area contributed by atoms with Crippen molar-refractivity contribution in [3.63, 3.8) is 0 Å². The largest absolute Gasteiger partial charge is 0.438 e. The van der Waals surface area contributed by atoms with Crippen molar-refractivity contribution in [2.75, 3.05) is 23.7 Å². The summed E-state index contributed by atoms with van der Waals surface area (Å²) >= 11 is 6.01. The number of ether oxygens (including phenoxy) is 1. The van der Waals surface area contributed by atoms with Gasteiger partial charge in [0.2, 0.25) is 15.9 Å². The Morgan fingerprint density at radius 1 is 1.12 bits per heavy atom. The molecule has 2 aromatic carbocycles. The molecular weight excluding hydrogens is 454 g/mol. The molecule has 1 atom stereocenters. The first-order valence-corrected chi connectivity index (χ1v) is 11.8. The standard InChI is InChI=1S/C21H20ClN5O4S/c22-16-6-8-17(9-7-16)27-19(14-26(21(27)28)11-12-32(23,29)30)15-3-1-4-18(13-15)31-20-5-2-10-24-25-20/h1-10,13,19H,11-12,14H2,(H2,23,29,30). The maximum atomic E-state index is 13.2. The van der Waals surface area contributed by atoms with Gasteiger partial charge in [0.05, 0.1) is 11.8 Å². The Morgan fingerprint density at radius 2 is 1.91 bits per heavy atom. The normalized spacial score (nSPS) is 16.4. The van der Waals surface area contributed by atoms with E-state index in [2.05, 4.69) is 10.2 Å². The average molecular weight is 474 g/mol. The number of halogens is 1. The van der Waals surface area contributed by atoms with Crippen LogP contribution in [0.15, 0.2) is 66.9 Å². The van der Waals surface area contributed by atoms with Crippen molar-refractivity contribution in [2.45, 2.75) is 6.04 Å². The van der Waals surface area contributed by atoms with Gasteiger partial charge in [-0.2, -0.15) is 5.10 Å². The molecule has 11 heteroatoms. The zero-order valence-corrected chi connectivity index (χ0v) is 18.4. The van der Waals surface area contributed by atoms with Crippen molar-refractivity contribution >= 4 is 33.3 Å². The van der Waals surface area contributed by atoms with E-state index in [1.807, 2.05) is 18.2 Å². The molecule has 1 unspecified atom stereocenters. The molecule has 0 radical (unpaired) electrons. The number of rotatable bonds is 7. The highest BCUT2D eigenvalue weighted by Gasteiger charge is 2.39. The van der Waals surface area contributed by atoms with E-state index in [4.69, 9.17) is 21.5 Å². The van der Waals surface area contributed by atoms with E-state index in [-0.39, 0.29) is 30.9 Å². The van der Waals surface area contributed by atoms with Gasteiger partial charge in [-0.1, -0.05) is 23.7 Å². The van der Waals surface area contributed by atoms with Crippen LogP contribution in [-0.2, 0) is 10.0 Å². The number of urea groups is 1. The van der Waals surface area contributed by atoms with Gasteiger partial charge in [0, 0.05) is 36.1 Å². The number of nitrogens with zero attached hydrogens (tertiary/aromatic N) is 4. The van der Waals surface area contributed by atoms with E-state index in [1.54, 1.807) is 53.6 Å². The predicted octanol–water partition coefficient (Wildman–Crippen LogP) is 3.19. The number of primary sulfonamides is 1. The summed E-state index contributed by atoms with van der Waals surface area (Å²) in [6.07, 6.45) is 1.55. The van der Waals surface area contributed by atoms with Gasteiger partial charge in [0.1, 0.15) is 5.75 Å². The fraction of sp³-hybridized carbons (Fsp3) is 0.190. The summed E-state index contributed by atoms with van der Waals surface area (Å²) < 4.78 is 28.7. The van der Waals surface area contributed by atoms with Gasteiger partial charge in [-0.3, -0.25) is 4.90 Å². The number of sulfonamides is 1. The zero-order chi connectivity index (χ0) is 22.7. The highest BCUT2D eigenvalue weighted by molar-refractivity contribution is 7.89. The molecule has 32 heavy (non-hydrogen) atoms. The Morgan fingerprint density at radius 3 is 2.59 bits per heavy atom. The van der Waals surface area contributed by atoms with E-state index in [0.717, 1.165) is 5.56 Å². The number of hydrogen-bond acceptors (Lipinski definition) is 6. The van der Waals surface area contributed by atoms with Gasteiger partial charge in [0.25, 0.3) is 0 Å². The molecule has 2 amide bonds. The number of carbonyl (C=O) groups is 1. The summed E-state index contributed by atoms with van der Waals surface area (Å²) in [6.45, 7) is 0.277. The monoisotopic (exact) mass is 473 g/mol. The fourth-order valence-corrected chi connectivity index (χ4v) is 4.07. The minimum Gasteiger partial charge on any atom is -0.438 e. The topological polar surface area (TPSA) is 119 Å². The third kappa shape index (κ3) is 5.16. The molecule has 0 saturated carbocycles. The van der Waals surface area contributed by atoms with Crippen molar-refractivity contribution in [3.05, 3.63) is 77.4 Å². The third-order valence-corrected chi connectivity index (χ3v) is 5.95. The van der Waals surface area contributed by atoms with Gasteiger partial charge in [-0.25, -0.2) is 18.4 Å². The van der Waals surface area contributed by atoms with Gasteiger partial charge in [0.15, 0.2) is 0 Å². The van der Waals surface area contributed by atoms with E-state index in [1.165, 1.54) is 4.90 Å². The smallest absolute Gasteiger partial charge is 0.325 e. The molecule has 1 saturated heterocycles. The average Bonchev–Trinajstić information content (AvgIpc) is 3.10. The molecule has 2 N–H and O–H groups in total. The van der Waals surface area contributed by atoms with E-state index < -0.39 is 10.0 Å². The first kappa shape index (κ1) is 22.0. The van der Waals surface area contributed by atoms with Crippen molar-refractivity contribution in [3.8, 4) is 11.6 Å². The third-order valence-electron chi connectivity index (χ3n) is 4.95. The lowest BCUT2D eigenvalue weighted by molar-refractivity contribution is 0.223. The van der Waals surface area contributed by atoms with Crippen LogP contribution in [0.1, 0.15) is 11.6 Å². The molecule has 9 nitrogen and oxygen atoms in total. The van der Waals surface area contributed by atoms with Crippen molar-refractivity contribution in [1.29, 1.82) is 0 Å². The van der Waals surface area contributed by atoms with E-state index >= 15 is 0 Å². The Bertz CT molecular complexity index is 1210. The van der Waals surface area contributed by atoms with Crippen molar-refractivity contribution in [1.82, 2.24) is 15.1 Å². The predicted molar refractivity (Wildman–Crippen MR) is 120 cm³/mol. The van der Waals surface area contributed by atoms with Crippen LogP contribution in [0.4, 0.5) is 10.5 Å². The number of hydrogen-bond donors (Lipinski definition) is 1. The van der Waals surface area contributed by atoms with Crippen LogP contribution in [0.25, 0.3) is 0 Å². The molecule has 1 aromatic heterocycles. The molecule has 1 fully saturated rings. The second-order valence-corrected chi connectivity index (χ2v) is 9.36. The Hall–Kier alpha value is -3.21. The molecule has 1 aliphatic heterocycles. The van der Waals surface area contributed by atoms with E-state index in [0.29, 0.717) is 22.3 Å². The van der Waals surface area contributed by atoms with Gasteiger partial charge >= 0.3 is 6.03 Å². The molecule has 2 heterocycles. The van der Waals surface area contributed by atoms with Crippen LogP contribution < -0.4 is 14.8 Å². The molecule has 0 bridgehead atoms. The number of carbonyl (C=O) groups excluding carboxylic acids is 1. The van der Waals surface area contributed by atoms with Crippen molar-refractivity contribution < 1.29 is 17.9 Å². The summed E-state index contributed by atoms with van der Waals surface area (Å²) in [7, 11) is -3.71. The summed E-state index contributed by atoms with van der Waals surface area (Å²) in [5.41, 5.74) is 1.45. The van der Waals surface area contributed by atoms with Crippen LogP contribution in [0.3, 0.4) is 0 Å². The molecule has 166 valence electrons. The van der Waals surface area contributed by atoms with E-state index in [9.17, 15) is 13.2 Å². The molecule has 1 aliphatic rings. The molecular formula is C21H20ClN5O4S. The molecule has 4 rings (SSSR count). The van der Waals surface area contributed by atoms with Gasteiger partial charge in [-0.05, 0) is 48.0 Å². The molecule has 0 aliphatic carbocycles. The second kappa shape index (κ2) is 9.11. The minimum absolute atomic E-state index is 0.00590. The highest BCUT2D eigenvalue weighted by atomic mass is 35.5. The maximum absolute atomic E-state index is 13.2. The summed E-state index contributed by atoms with van der Waals surface area (Å²) in [5, 5.41) is 13.4. The van der Waals surface area contributed by atoms with Crippen LogP contribution in [0, 0.1) is 0 Å². The second-order valence-electron chi connectivity index (χ2n) is 7.19. The van der Waals surface area contributed by atoms with Crippen molar-refractivity contribution in [2.24, 2.45) is 5.14 Å². The number of aromatic nitrogens is 2. The Balaban J connectivity index is 1.65. The fourth-order valence-electron chi connectivity index (χ4n) is 3.47. The lowest BCUT2D eigenvalue weighted by atomic mass is 10.1. The molecule has 0 spiro atoms. The first-order valence-electron chi connectivity index (χ1n) is 9.70. The molecule has 3 aromatic rings. The van der Waals surface area contributed by atoms with Gasteiger partial charge < -0.3 is 9.64 Å². The van der Waals surface area contributed by atoms with Crippen LogP contribution in [0.2, 0.25) is 5.02 Å². The summed E-state index contributed by atoms with van der Waals surface area (Å²) in [6, 6.07) is 16.9. The summed E-state index contributed by atoms with van der Waals surface area (Å²) in [5.74, 6) is 0.557. The number of anilines is 1. The van der Waals surface area contributed by atoms with Crippen LogP contribution in [-0.4, -0.2) is 48.4 Å². The van der Waals surface area contributed by atoms with Gasteiger partial charge in [-0.15, -0.1) is 5.10 Å². The summed E-state index contributed by atoms with van der Waals surface area (Å²) in [4.78, 5) is 16.3. The lowest BCUT2D eigenvalue weighted by Crippen LogP contribution is -2.36. The number of nitrogens with two attached hydrogens (primary N) is 1. The van der Waals surface area contributed by atoms with Crippen LogP contribution >= 0.6 is 11.6 Å². The Kier molecular flexibility index (Phi) is 6.26. The first-order chi connectivity index (χ1) is 15.3. The Labute approximate surface area is 190 Å². The zero-order valence-electron chi connectivity index (χ0n) is 16.8. The maximum Gasteiger partial charge on any atom is 0.325 e. The van der Waals surface area contributed by atoms with Crippen LogP contribution in [0.5, 0.6) is 11.6 Å². The highest BCUT2D eigenvalue weighted by Crippen LogP contribution is 2.36. The lowest BCUT2D eigenvalue weighted by Gasteiger charge is -2.24. The number of benzene rings is 2. The quantitative estimate of drug-likeness (QED) is 0.562. The SMILES string of the molecule is NS(=O)(=O)CCN1CC(c2cccc(Oc3cccnn3)c2)N(c2ccc(Cl)cc2)C1=O. The minimum atomic E-state index is -3.71.